The van der Waals surface area contributed by atoms with Crippen LogP contribution in [0.3, 0.4) is 0 Å². The van der Waals surface area contributed by atoms with E-state index in [0.29, 0.717) is 18.8 Å². The zero-order valence-electron chi connectivity index (χ0n) is 16.2. The lowest BCUT2D eigenvalue weighted by molar-refractivity contribution is -0.142. The first-order valence-corrected chi connectivity index (χ1v) is 8.58. The summed E-state index contributed by atoms with van der Waals surface area (Å²) in [6.45, 7) is 16.8. The van der Waals surface area contributed by atoms with Crippen LogP contribution in [0.25, 0.3) is 0 Å². The first-order valence-electron chi connectivity index (χ1n) is 8.58. The molecule has 0 aromatic heterocycles. The maximum absolute atomic E-state index is 10.5. The molecule has 0 spiro atoms. The van der Waals surface area contributed by atoms with Crippen molar-refractivity contribution in [2.45, 2.75) is 66.2 Å². The number of esters is 1. The summed E-state index contributed by atoms with van der Waals surface area (Å²) in [5.41, 5.74) is 1.33. The summed E-state index contributed by atoms with van der Waals surface area (Å²) in [5, 5.41) is 9.84. The van der Waals surface area contributed by atoms with E-state index >= 15 is 0 Å². The highest BCUT2D eigenvalue weighted by Crippen LogP contribution is 2.39. The van der Waals surface area contributed by atoms with E-state index in [0.717, 1.165) is 18.4 Å². The van der Waals surface area contributed by atoms with E-state index in [1.807, 2.05) is 25.1 Å². The number of para-hydroxylation sites is 1. The van der Waals surface area contributed by atoms with Crippen molar-refractivity contribution in [3.63, 3.8) is 0 Å². The number of ether oxygens (including phenoxy) is 1. The summed E-state index contributed by atoms with van der Waals surface area (Å²) in [6, 6.07) is 7.63. The van der Waals surface area contributed by atoms with Gasteiger partial charge in [0.2, 0.25) is 0 Å². The van der Waals surface area contributed by atoms with Crippen molar-refractivity contribution >= 4 is 5.97 Å². The third-order valence-corrected chi connectivity index (χ3v) is 3.42. The second-order valence-corrected chi connectivity index (χ2v) is 7.86. The summed E-state index contributed by atoms with van der Waals surface area (Å²) < 4.78 is 4.67. The summed E-state index contributed by atoms with van der Waals surface area (Å²) in [7, 11) is 0. The minimum Gasteiger partial charge on any atom is -0.508 e. The second-order valence-electron chi connectivity index (χ2n) is 7.86. The Morgan fingerprint density at radius 1 is 1.21 bits per heavy atom. The van der Waals surface area contributed by atoms with E-state index in [9.17, 15) is 9.90 Å². The van der Waals surface area contributed by atoms with Crippen LogP contribution in [0.5, 0.6) is 5.75 Å². The van der Waals surface area contributed by atoms with Crippen molar-refractivity contribution in [2.75, 3.05) is 6.61 Å². The molecule has 24 heavy (non-hydrogen) atoms. The van der Waals surface area contributed by atoms with Gasteiger partial charge in [-0.15, -0.1) is 0 Å². The summed E-state index contributed by atoms with van der Waals surface area (Å²) in [5.74, 6) is 0.268. The highest BCUT2D eigenvalue weighted by Gasteiger charge is 2.28. The van der Waals surface area contributed by atoms with Gasteiger partial charge in [0.15, 0.2) is 0 Å². The zero-order chi connectivity index (χ0) is 18.8. The van der Waals surface area contributed by atoms with Crippen LogP contribution in [0.4, 0.5) is 0 Å². The Labute approximate surface area is 147 Å². The Bertz CT molecular complexity index is 510. The third-order valence-electron chi connectivity index (χ3n) is 3.42. The van der Waals surface area contributed by atoms with Gasteiger partial charge < -0.3 is 9.84 Å². The standard InChI is InChI=1S/C14H22O.C7H12O2/c1-13(2,3)10-14(4,5)11-8-6-7-9-12(11)15;1-3-5-7(8)9-6-4-2/h6-9,15H,10H2,1-5H3;4H,2-3,5-6H2,1H3. The number of carbonyl (C=O) groups is 1. The lowest BCUT2D eigenvalue weighted by atomic mass is 9.72. The van der Waals surface area contributed by atoms with Gasteiger partial charge in [-0.2, -0.15) is 0 Å². The van der Waals surface area contributed by atoms with E-state index in [1.165, 1.54) is 0 Å². The molecule has 0 radical (unpaired) electrons. The summed E-state index contributed by atoms with van der Waals surface area (Å²) in [4.78, 5) is 10.5. The average molecular weight is 334 g/mol. The fraction of sp³-hybridized carbons (Fsp3) is 0.571. The quantitative estimate of drug-likeness (QED) is 0.542. The van der Waals surface area contributed by atoms with E-state index in [-0.39, 0.29) is 16.8 Å². The van der Waals surface area contributed by atoms with Crippen molar-refractivity contribution < 1.29 is 14.6 Å². The highest BCUT2D eigenvalue weighted by atomic mass is 16.5. The third kappa shape index (κ3) is 9.39. The van der Waals surface area contributed by atoms with Crippen molar-refractivity contribution in [1.29, 1.82) is 0 Å². The molecule has 0 aliphatic rings. The second kappa shape index (κ2) is 10.2. The molecule has 1 aromatic carbocycles. The van der Waals surface area contributed by atoms with Gasteiger partial charge in [-0.05, 0) is 35.3 Å². The lowest BCUT2D eigenvalue weighted by Gasteiger charge is -2.33. The Kier molecular flexibility index (Phi) is 9.42. The molecule has 3 heteroatoms. The Hall–Kier alpha value is -1.77. The van der Waals surface area contributed by atoms with E-state index in [2.05, 4.69) is 45.9 Å². The van der Waals surface area contributed by atoms with Crippen LogP contribution in [0.2, 0.25) is 0 Å². The molecule has 1 rings (SSSR count). The molecule has 0 aliphatic carbocycles. The van der Waals surface area contributed by atoms with Crippen molar-refractivity contribution in [2.24, 2.45) is 5.41 Å². The maximum atomic E-state index is 10.5. The Balaban J connectivity index is 0.000000506. The molecule has 0 amide bonds. The van der Waals surface area contributed by atoms with E-state index in [4.69, 9.17) is 0 Å². The average Bonchev–Trinajstić information content (AvgIpc) is 2.44. The molecule has 0 aliphatic heterocycles. The summed E-state index contributed by atoms with van der Waals surface area (Å²) in [6.07, 6.45) is 3.97. The van der Waals surface area contributed by atoms with Gasteiger partial charge in [-0.3, -0.25) is 4.79 Å². The van der Waals surface area contributed by atoms with Gasteiger partial charge in [-0.25, -0.2) is 0 Å². The normalized spacial score (nSPS) is 11.2. The van der Waals surface area contributed by atoms with Gasteiger partial charge >= 0.3 is 5.97 Å². The van der Waals surface area contributed by atoms with Crippen LogP contribution in [0, 0.1) is 5.41 Å². The molecule has 0 saturated heterocycles. The predicted molar refractivity (Wildman–Crippen MR) is 101 cm³/mol. The molecule has 0 saturated carbocycles. The number of benzene rings is 1. The Morgan fingerprint density at radius 2 is 1.79 bits per heavy atom. The van der Waals surface area contributed by atoms with Gasteiger partial charge in [0.1, 0.15) is 12.4 Å². The number of carbonyl (C=O) groups excluding carboxylic acids is 1. The summed E-state index contributed by atoms with van der Waals surface area (Å²) >= 11 is 0. The van der Waals surface area contributed by atoms with Crippen LogP contribution in [0.15, 0.2) is 36.9 Å². The van der Waals surface area contributed by atoms with E-state index in [1.54, 1.807) is 12.1 Å². The lowest BCUT2D eigenvalue weighted by Crippen LogP contribution is -2.24. The molecule has 0 unspecified atom stereocenters. The maximum Gasteiger partial charge on any atom is 0.306 e. The number of rotatable bonds is 6. The van der Waals surface area contributed by atoms with Gasteiger partial charge in [0.25, 0.3) is 0 Å². The largest absolute Gasteiger partial charge is 0.508 e. The molecule has 1 aromatic rings. The molecular formula is C21H34O3. The minimum absolute atomic E-state index is 0.0175. The van der Waals surface area contributed by atoms with Crippen LogP contribution < -0.4 is 0 Å². The smallest absolute Gasteiger partial charge is 0.306 e. The van der Waals surface area contributed by atoms with Gasteiger partial charge in [-0.1, -0.05) is 72.4 Å². The first-order chi connectivity index (χ1) is 11.0. The number of phenolic OH excluding ortho intramolecular Hbond substituents is 1. The number of aromatic hydroxyl groups is 1. The van der Waals surface area contributed by atoms with Gasteiger partial charge in [0.05, 0.1) is 0 Å². The molecule has 0 heterocycles. The predicted octanol–water partition coefficient (Wildman–Crippen LogP) is 5.62. The molecule has 0 bridgehead atoms. The Morgan fingerprint density at radius 3 is 2.25 bits per heavy atom. The molecule has 0 fully saturated rings. The fourth-order valence-corrected chi connectivity index (χ4v) is 2.90. The highest BCUT2D eigenvalue weighted by molar-refractivity contribution is 5.69. The topological polar surface area (TPSA) is 46.5 Å². The SMILES string of the molecule is C=CCOC(=O)CCC.CC(C)(C)CC(C)(C)c1ccccc1O. The number of hydrogen-bond donors (Lipinski definition) is 1. The first kappa shape index (κ1) is 22.2. The molecule has 3 nitrogen and oxygen atoms in total. The molecule has 136 valence electrons. The molecule has 0 atom stereocenters. The number of hydrogen-bond acceptors (Lipinski definition) is 3. The van der Waals surface area contributed by atoms with E-state index < -0.39 is 0 Å². The van der Waals surface area contributed by atoms with Gasteiger partial charge in [0, 0.05) is 6.42 Å². The molecule has 1 N–H and O–H groups in total. The van der Waals surface area contributed by atoms with Crippen molar-refractivity contribution in [1.82, 2.24) is 0 Å². The van der Waals surface area contributed by atoms with Crippen molar-refractivity contribution in [3.05, 3.63) is 42.5 Å². The fourth-order valence-electron chi connectivity index (χ4n) is 2.90. The monoisotopic (exact) mass is 334 g/mol. The molecular weight excluding hydrogens is 300 g/mol. The minimum atomic E-state index is -0.141. The number of phenols is 1. The van der Waals surface area contributed by atoms with Crippen LogP contribution in [-0.2, 0) is 14.9 Å². The zero-order valence-corrected chi connectivity index (χ0v) is 16.2. The van der Waals surface area contributed by atoms with Crippen LogP contribution >= 0.6 is 0 Å². The van der Waals surface area contributed by atoms with Crippen LogP contribution in [-0.4, -0.2) is 17.7 Å². The van der Waals surface area contributed by atoms with Crippen LogP contribution in [0.1, 0.15) is 66.4 Å². The van der Waals surface area contributed by atoms with Crippen molar-refractivity contribution in [3.8, 4) is 5.75 Å².